The molecule has 5 rings (SSSR count). The predicted molar refractivity (Wildman–Crippen MR) is 177 cm³/mol. The highest BCUT2D eigenvalue weighted by atomic mass is 19.4. The number of ketones is 1. The number of esters is 1. The number of alkyl halides is 6. The van der Waals surface area contributed by atoms with Crippen molar-refractivity contribution in [2.45, 2.75) is 75.8 Å². The van der Waals surface area contributed by atoms with E-state index in [9.17, 15) is 73.0 Å². The number of carbonyl (C=O) groups is 4. The minimum absolute atomic E-state index is 0.0473. The number of likely N-dealkylation sites (tertiary alicyclic amines) is 2. The van der Waals surface area contributed by atoms with Gasteiger partial charge in [-0.25, -0.2) is 27.2 Å². The molecule has 2 saturated heterocycles. The molecular weight excluding hydrogens is 808 g/mol. The molecule has 2 aliphatic heterocycles. The van der Waals surface area contributed by atoms with Gasteiger partial charge in [0.25, 0.3) is 5.56 Å². The maximum Gasteiger partial charge on any atom is 0.422 e. The van der Waals surface area contributed by atoms with Gasteiger partial charge >= 0.3 is 30.5 Å². The molecule has 12 nitrogen and oxygen atoms in total. The van der Waals surface area contributed by atoms with Crippen LogP contribution in [0.4, 0.5) is 53.5 Å². The molecule has 58 heavy (non-hydrogen) atoms. The van der Waals surface area contributed by atoms with Crippen molar-refractivity contribution >= 4 is 23.9 Å². The number of nitrogens with zero attached hydrogens (tertiary/aromatic N) is 2. The topological polar surface area (TPSA) is 159 Å². The summed E-state index contributed by atoms with van der Waals surface area (Å²) in [5.74, 6) is -9.58. The van der Waals surface area contributed by atoms with E-state index in [1.54, 1.807) is 6.92 Å². The summed E-state index contributed by atoms with van der Waals surface area (Å²) in [5.41, 5.74) is -6.76. The average molecular weight is 844 g/mol. The summed E-state index contributed by atoms with van der Waals surface area (Å²) >= 11 is 0. The first-order valence-corrected chi connectivity index (χ1v) is 17.3. The number of piperidine rings is 2. The summed E-state index contributed by atoms with van der Waals surface area (Å²) in [6.45, 7) is 2.76. The standard InChI is InChI=1S/C19H20F5NO5.C17H15F5N2O4/c1-3-30-15(27)8-14(26)10-4-5-25(17(28)29)18(2,9-10)11-6-12(20)16(13(21)7-11)19(22,23)24;1-27-16(26)24-3-2-8(13-7-14(25)23-28-13)6-12(24)9-4-10(18)15(11(19)5-9)17(20,21)22/h6-7,10H,3-5,8-9H2,1-2H3,(H,28,29);4-5,7-8,12H,2-3,6H2,1H3,(H,23,25)/t10-,18-;8-,12-/m00/s1. The minimum Gasteiger partial charge on any atom is -0.466 e. The molecular formula is C36H35F10N3O9. The molecule has 2 N–H and O–H groups in total. The Morgan fingerprint density at radius 1 is 0.897 bits per heavy atom. The normalized spacial score (nSPS) is 21.2. The quantitative estimate of drug-likeness (QED) is 0.136. The zero-order chi connectivity index (χ0) is 43.5. The van der Waals surface area contributed by atoms with Crippen LogP contribution in [0, 0.1) is 29.2 Å². The third-order valence-electron chi connectivity index (χ3n) is 9.89. The van der Waals surface area contributed by atoms with Gasteiger partial charge in [0.15, 0.2) is 0 Å². The Morgan fingerprint density at radius 2 is 1.45 bits per heavy atom. The van der Waals surface area contributed by atoms with E-state index < -0.39 is 106 Å². The number of benzene rings is 2. The van der Waals surface area contributed by atoms with Gasteiger partial charge in [0.05, 0.1) is 25.3 Å². The van der Waals surface area contributed by atoms with Gasteiger partial charge in [0.1, 0.15) is 52.4 Å². The number of H-pyrrole nitrogens is 1. The summed E-state index contributed by atoms with van der Waals surface area (Å²) in [6, 6.07) is 2.21. The lowest BCUT2D eigenvalue weighted by Gasteiger charge is -2.46. The van der Waals surface area contributed by atoms with Crippen molar-refractivity contribution < 1.29 is 82.2 Å². The van der Waals surface area contributed by atoms with E-state index in [-0.39, 0.29) is 55.8 Å². The Bertz CT molecular complexity index is 2040. The van der Waals surface area contributed by atoms with Crippen molar-refractivity contribution in [2.75, 3.05) is 26.8 Å². The van der Waals surface area contributed by atoms with E-state index in [1.807, 2.05) is 0 Å². The molecule has 0 saturated carbocycles. The first kappa shape index (κ1) is 45.1. The Morgan fingerprint density at radius 3 is 1.91 bits per heavy atom. The molecule has 2 amide bonds. The fraction of sp³-hybridized carbons (Fsp3) is 0.472. The number of aromatic nitrogens is 1. The maximum atomic E-state index is 14.1. The van der Waals surface area contributed by atoms with Crippen LogP contribution >= 0.6 is 0 Å². The molecule has 4 atom stereocenters. The molecule has 2 aromatic carbocycles. The molecule has 3 heterocycles. The smallest absolute Gasteiger partial charge is 0.422 e. The second kappa shape index (κ2) is 17.5. The first-order chi connectivity index (χ1) is 26.9. The molecule has 3 aromatic rings. The van der Waals surface area contributed by atoms with Crippen LogP contribution in [0.5, 0.6) is 0 Å². The lowest BCUT2D eigenvalue weighted by Crippen LogP contribution is -2.53. The molecule has 2 aliphatic rings. The van der Waals surface area contributed by atoms with Gasteiger partial charge in [-0.3, -0.25) is 19.3 Å². The number of rotatable bonds is 7. The SMILES string of the molecule is CCOC(=O)CC(=O)[C@H]1CCN(C(=O)O)[C@](C)(c2cc(F)c(C(F)(F)F)c(F)c2)C1.COC(=O)N1CC[C@H](c2cc(=O)[nH]o2)C[C@H]1c1cc(F)c(C(F)(F)F)c(F)c1. The largest absolute Gasteiger partial charge is 0.466 e. The zero-order valence-electron chi connectivity index (χ0n) is 30.7. The summed E-state index contributed by atoms with van der Waals surface area (Å²) in [5, 5.41) is 11.6. The van der Waals surface area contributed by atoms with Crippen molar-refractivity contribution in [1.29, 1.82) is 0 Å². The van der Waals surface area contributed by atoms with Crippen molar-refractivity contribution in [3.05, 3.63) is 92.0 Å². The summed E-state index contributed by atoms with van der Waals surface area (Å²) in [4.78, 5) is 61.0. The Hall–Kier alpha value is -5.57. The Kier molecular flexibility index (Phi) is 13.6. The van der Waals surface area contributed by atoms with Crippen LogP contribution in [-0.4, -0.2) is 70.8 Å². The molecule has 0 radical (unpaired) electrons. The highest BCUT2D eigenvalue weighted by molar-refractivity contribution is 5.97. The lowest BCUT2D eigenvalue weighted by atomic mass is 9.75. The van der Waals surface area contributed by atoms with Crippen LogP contribution in [0.1, 0.15) is 85.9 Å². The lowest BCUT2D eigenvalue weighted by molar-refractivity contribution is -0.147. The van der Waals surface area contributed by atoms with E-state index in [0.29, 0.717) is 30.7 Å². The number of aromatic amines is 1. The summed E-state index contributed by atoms with van der Waals surface area (Å²) < 4.78 is 148. The molecule has 0 spiro atoms. The summed E-state index contributed by atoms with van der Waals surface area (Å²) in [7, 11) is 1.12. The second-order valence-electron chi connectivity index (χ2n) is 13.5. The zero-order valence-corrected chi connectivity index (χ0v) is 30.7. The van der Waals surface area contributed by atoms with Crippen molar-refractivity contribution in [2.24, 2.45) is 5.92 Å². The molecule has 1 aromatic heterocycles. The van der Waals surface area contributed by atoms with Crippen molar-refractivity contribution in [3.63, 3.8) is 0 Å². The van der Waals surface area contributed by atoms with Gasteiger partial charge in [-0.15, -0.1) is 0 Å². The van der Waals surface area contributed by atoms with Gasteiger partial charge in [-0.05, 0) is 74.9 Å². The number of ether oxygens (including phenoxy) is 2. The number of hydrogen-bond donors (Lipinski definition) is 2. The number of hydrogen-bond acceptors (Lipinski definition) is 8. The third kappa shape index (κ3) is 9.92. The molecule has 0 bridgehead atoms. The van der Waals surface area contributed by atoms with Crippen molar-refractivity contribution in [3.8, 4) is 0 Å². The number of amides is 2. The highest BCUT2D eigenvalue weighted by Gasteiger charge is 2.47. The predicted octanol–water partition coefficient (Wildman–Crippen LogP) is 8.06. The van der Waals surface area contributed by atoms with Crippen LogP contribution in [-0.2, 0) is 37.0 Å². The number of carbonyl (C=O) groups excluding carboxylic acids is 3. The number of nitrogens with one attached hydrogen (secondary N) is 1. The van der Waals surface area contributed by atoms with Crippen LogP contribution in [0.3, 0.4) is 0 Å². The Labute approximate surface area is 321 Å². The maximum absolute atomic E-state index is 14.1. The molecule has 0 aliphatic carbocycles. The fourth-order valence-corrected chi connectivity index (χ4v) is 7.16. The van der Waals surface area contributed by atoms with E-state index in [4.69, 9.17) is 9.26 Å². The molecule has 0 unspecified atom stereocenters. The van der Waals surface area contributed by atoms with Crippen molar-refractivity contribution in [1.82, 2.24) is 15.0 Å². The van der Waals surface area contributed by atoms with E-state index in [1.165, 1.54) is 17.9 Å². The van der Waals surface area contributed by atoms with E-state index in [2.05, 4.69) is 9.89 Å². The molecule has 22 heteroatoms. The van der Waals surface area contributed by atoms with Gasteiger partial charge in [-0.1, -0.05) is 0 Å². The van der Waals surface area contributed by atoms with Gasteiger partial charge in [0, 0.05) is 31.0 Å². The minimum atomic E-state index is -5.27. The second-order valence-corrected chi connectivity index (χ2v) is 13.5. The van der Waals surface area contributed by atoms with Crippen LogP contribution in [0.2, 0.25) is 0 Å². The number of Topliss-reactive ketones (excluding diaryl/α,β-unsaturated/α-hetero) is 1. The van der Waals surface area contributed by atoms with E-state index >= 15 is 0 Å². The molecule has 318 valence electrons. The molecule has 2 fully saturated rings. The third-order valence-corrected chi connectivity index (χ3v) is 9.89. The fourth-order valence-electron chi connectivity index (χ4n) is 7.16. The highest BCUT2D eigenvalue weighted by Crippen LogP contribution is 2.44. The van der Waals surface area contributed by atoms with Crippen LogP contribution in [0.15, 0.2) is 39.6 Å². The number of carboxylic acid groups (broad SMARTS) is 1. The summed E-state index contributed by atoms with van der Waals surface area (Å²) in [6.07, 6.45) is -13.1. The van der Waals surface area contributed by atoms with Crippen LogP contribution < -0.4 is 5.56 Å². The van der Waals surface area contributed by atoms with Gasteiger partial charge < -0.3 is 24.0 Å². The number of halogens is 10. The van der Waals surface area contributed by atoms with Crippen LogP contribution in [0.25, 0.3) is 0 Å². The first-order valence-electron chi connectivity index (χ1n) is 17.3. The Balaban J connectivity index is 0.000000257. The average Bonchev–Trinajstić information content (AvgIpc) is 3.55. The van der Waals surface area contributed by atoms with E-state index in [0.717, 1.165) is 12.0 Å². The monoisotopic (exact) mass is 843 g/mol. The van der Waals surface area contributed by atoms with Gasteiger partial charge in [-0.2, -0.15) is 31.5 Å². The van der Waals surface area contributed by atoms with Gasteiger partial charge in [0.2, 0.25) is 0 Å². The number of methoxy groups -OCH3 is 1.